The van der Waals surface area contributed by atoms with Crippen molar-refractivity contribution in [1.82, 2.24) is 10.2 Å². The lowest BCUT2D eigenvalue weighted by Crippen LogP contribution is -2.52. The van der Waals surface area contributed by atoms with Crippen molar-refractivity contribution in [2.45, 2.75) is 71.1 Å². The fourth-order valence-corrected chi connectivity index (χ4v) is 2.65. The lowest BCUT2D eigenvalue weighted by atomic mass is 9.97. The molecule has 1 aliphatic heterocycles. The van der Waals surface area contributed by atoms with Crippen molar-refractivity contribution in [2.75, 3.05) is 19.6 Å². The summed E-state index contributed by atoms with van der Waals surface area (Å²) >= 11 is 0. The minimum atomic E-state index is -0.616. The van der Waals surface area contributed by atoms with Crippen LogP contribution in [0.15, 0.2) is 0 Å². The van der Waals surface area contributed by atoms with Gasteiger partial charge < -0.3 is 10.4 Å². The van der Waals surface area contributed by atoms with Crippen molar-refractivity contribution in [3.05, 3.63) is 0 Å². The number of hydrogen-bond acceptors (Lipinski definition) is 3. The summed E-state index contributed by atoms with van der Waals surface area (Å²) in [5.41, 5.74) is -0.616. The topological polar surface area (TPSA) is 35.5 Å². The first-order valence-corrected chi connectivity index (χ1v) is 7.14. The molecule has 0 aromatic heterocycles. The summed E-state index contributed by atoms with van der Waals surface area (Å²) in [6.45, 7) is 11.1. The summed E-state index contributed by atoms with van der Waals surface area (Å²) in [5.74, 6) is 0. The fraction of sp³-hybridized carbons (Fsp3) is 1.00. The van der Waals surface area contributed by atoms with E-state index in [9.17, 15) is 5.11 Å². The van der Waals surface area contributed by atoms with Crippen molar-refractivity contribution in [1.29, 1.82) is 0 Å². The van der Waals surface area contributed by atoms with Crippen LogP contribution in [0, 0.1) is 0 Å². The summed E-state index contributed by atoms with van der Waals surface area (Å²) in [5, 5.41) is 13.8. The molecule has 0 radical (unpaired) electrons. The Morgan fingerprint density at radius 1 is 1.41 bits per heavy atom. The van der Waals surface area contributed by atoms with Gasteiger partial charge in [0.1, 0.15) is 0 Å². The summed E-state index contributed by atoms with van der Waals surface area (Å²) in [6, 6.07) is 1.11. The van der Waals surface area contributed by atoms with Crippen LogP contribution in [-0.2, 0) is 0 Å². The second-order valence-corrected chi connectivity index (χ2v) is 6.06. The molecule has 17 heavy (non-hydrogen) atoms. The monoisotopic (exact) mass is 242 g/mol. The van der Waals surface area contributed by atoms with Gasteiger partial charge in [-0.05, 0) is 32.7 Å². The third kappa shape index (κ3) is 5.36. The summed E-state index contributed by atoms with van der Waals surface area (Å²) in [6.07, 6.45) is 5.13. The quantitative estimate of drug-likeness (QED) is 0.748. The molecule has 3 nitrogen and oxygen atoms in total. The van der Waals surface area contributed by atoms with Gasteiger partial charge in [-0.15, -0.1) is 0 Å². The van der Waals surface area contributed by atoms with Crippen LogP contribution in [0.1, 0.15) is 53.4 Å². The normalized spacial score (nSPS) is 26.1. The minimum Gasteiger partial charge on any atom is -0.388 e. The number of nitrogens with zero attached hydrogens (tertiary/aromatic N) is 1. The van der Waals surface area contributed by atoms with Crippen molar-refractivity contribution >= 4 is 0 Å². The lowest BCUT2D eigenvalue weighted by Gasteiger charge is -2.40. The van der Waals surface area contributed by atoms with Gasteiger partial charge in [-0.25, -0.2) is 0 Å². The Labute approximate surface area is 107 Å². The smallest absolute Gasteiger partial charge is 0.0869 e. The lowest BCUT2D eigenvalue weighted by molar-refractivity contribution is -0.00455. The van der Waals surface area contributed by atoms with Crippen molar-refractivity contribution in [2.24, 2.45) is 0 Å². The molecule has 2 unspecified atom stereocenters. The number of piperidine rings is 1. The molecule has 0 aromatic rings. The van der Waals surface area contributed by atoms with Crippen LogP contribution in [0.2, 0.25) is 0 Å². The molecule has 1 fully saturated rings. The molecule has 0 aromatic carbocycles. The van der Waals surface area contributed by atoms with Crippen LogP contribution in [0.4, 0.5) is 0 Å². The SMILES string of the molecule is CCC1CCCCN1CC(C)(O)CNC(C)C. The Balaban J connectivity index is 2.43. The van der Waals surface area contributed by atoms with Crippen molar-refractivity contribution in [3.8, 4) is 0 Å². The van der Waals surface area contributed by atoms with Crippen molar-refractivity contribution in [3.63, 3.8) is 0 Å². The van der Waals surface area contributed by atoms with Gasteiger partial charge in [0.2, 0.25) is 0 Å². The van der Waals surface area contributed by atoms with E-state index < -0.39 is 5.60 Å². The molecule has 0 amide bonds. The van der Waals surface area contributed by atoms with Gasteiger partial charge >= 0.3 is 0 Å². The third-order valence-electron chi connectivity index (χ3n) is 3.66. The first kappa shape index (κ1) is 14.9. The highest BCUT2D eigenvalue weighted by molar-refractivity contribution is 4.85. The molecule has 0 aliphatic carbocycles. The highest BCUT2D eigenvalue weighted by Crippen LogP contribution is 2.21. The average Bonchev–Trinajstić information content (AvgIpc) is 2.27. The number of hydrogen-bond donors (Lipinski definition) is 2. The van der Waals surface area contributed by atoms with Crippen LogP contribution in [0.5, 0.6) is 0 Å². The minimum absolute atomic E-state index is 0.435. The molecule has 2 atom stereocenters. The van der Waals surface area contributed by atoms with E-state index in [1.165, 1.54) is 25.7 Å². The number of likely N-dealkylation sites (tertiary alicyclic amines) is 1. The molecule has 0 bridgehead atoms. The number of rotatable bonds is 6. The van der Waals surface area contributed by atoms with Crippen LogP contribution in [-0.4, -0.2) is 47.3 Å². The average molecular weight is 242 g/mol. The summed E-state index contributed by atoms with van der Waals surface area (Å²) < 4.78 is 0. The zero-order valence-electron chi connectivity index (χ0n) is 12.0. The van der Waals surface area contributed by atoms with Gasteiger partial charge in [0.15, 0.2) is 0 Å². The number of β-amino-alcohol motifs (C(OH)–C–C–N with tert-alkyl or cyclic N) is 1. The summed E-state index contributed by atoms with van der Waals surface area (Å²) in [4.78, 5) is 2.48. The molecular formula is C14H30N2O. The predicted molar refractivity (Wildman–Crippen MR) is 73.3 cm³/mol. The zero-order chi connectivity index (χ0) is 12.9. The Morgan fingerprint density at radius 2 is 2.12 bits per heavy atom. The zero-order valence-corrected chi connectivity index (χ0v) is 12.0. The van der Waals surface area contributed by atoms with Gasteiger partial charge in [0, 0.05) is 25.2 Å². The molecular weight excluding hydrogens is 212 g/mol. The van der Waals surface area contributed by atoms with E-state index in [-0.39, 0.29) is 0 Å². The fourth-order valence-electron chi connectivity index (χ4n) is 2.65. The molecule has 2 N–H and O–H groups in total. The Bertz CT molecular complexity index is 216. The summed E-state index contributed by atoms with van der Waals surface area (Å²) in [7, 11) is 0. The second-order valence-electron chi connectivity index (χ2n) is 6.06. The largest absolute Gasteiger partial charge is 0.388 e. The Morgan fingerprint density at radius 3 is 2.71 bits per heavy atom. The van der Waals surface area contributed by atoms with E-state index in [1.807, 2.05) is 6.92 Å². The van der Waals surface area contributed by atoms with Gasteiger partial charge in [-0.3, -0.25) is 4.90 Å². The molecule has 0 spiro atoms. The second kappa shape index (κ2) is 6.72. The maximum Gasteiger partial charge on any atom is 0.0869 e. The molecule has 1 saturated heterocycles. The van der Waals surface area contributed by atoms with E-state index >= 15 is 0 Å². The third-order valence-corrected chi connectivity index (χ3v) is 3.66. The Hall–Kier alpha value is -0.120. The van der Waals surface area contributed by atoms with Crippen molar-refractivity contribution < 1.29 is 5.11 Å². The van der Waals surface area contributed by atoms with Gasteiger partial charge in [-0.2, -0.15) is 0 Å². The van der Waals surface area contributed by atoms with Crippen LogP contribution < -0.4 is 5.32 Å². The van der Waals surface area contributed by atoms with Crippen LogP contribution in [0.25, 0.3) is 0 Å². The van der Waals surface area contributed by atoms with Gasteiger partial charge in [0.05, 0.1) is 5.60 Å². The molecule has 0 saturated carbocycles. The van der Waals surface area contributed by atoms with Crippen LogP contribution >= 0.6 is 0 Å². The predicted octanol–water partition coefficient (Wildman–Crippen LogP) is 2.00. The van der Waals surface area contributed by atoms with Crippen LogP contribution in [0.3, 0.4) is 0 Å². The van der Waals surface area contributed by atoms with E-state index in [2.05, 4.69) is 31.0 Å². The Kier molecular flexibility index (Phi) is 5.90. The maximum absolute atomic E-state index is 10.4. The molecule has 1 rings (SSSR count). The molecule has 102 valence electrons. The van der Waals surface area contributed by atoms with Gasteiger partial charge in [-0.1, -0.05) is 27.2 Å². The highest BCUT2D eigenvalue weighted by atomic mass is 16.3. The highest BCUT2D eigenvalue weighted by Gasteiger charge is 2.29. The van der Waals surface area contributed by atoms with Gasteiger partial charge in [0.25, 0.3) is 0 Å². The van der Waals surface area contributed by atoms with E-state index in [1.54, 1.807) is 0 Å². The standard InChI is InChI=1S/C14H30N2O/c1-5-13-8-6-7-9-16(13)11-14(4,17)10-15-12(2)3/h12-13,15,17H,5-11H2,1-4H3. The van der Waals surface area contributed by atoms with E-state index in [0.717, 1.165) is 13.1 Å². The number of aliphatic hydroxyl groups is 1. The maximum atomic E-state index is 10.4. The first-order chi connectivity index (χ1) is 7.94. The number of nitrogens with one attached hydrogen (secondary N) is 1. The van der Waals surface area contributed by atoms with E-state index in [0.29, 0.717) is 18.6 Å². The molecule has 1 heterocycles. The first-order valence-electron chi connectivity index (χ1n) is 7.14. The molecule has 3 heteroatoms. The van der Waals surface area contributed by atoms with E-state index in [4.69, 9.17) is 0 Å². The molecule has 1 aliphatic rings.